The van der Waals surface area contributed by atoms with Crippen molar-refractivity contribution in [3.63, 3.8) is 0 Å². The van der Waals surface area contributed by atoms with E-state index in [-0.39, 0.29) is 18.3 Å². The van der Waals surface area contributed by atoms with E-state index in [4.69, 9.17) is 9.52 Å². The lowest BCUT2D eigenvalue weighted by atomic mass is 10.0. The molecule has 2 atom stereocenters. The minimum atomic E-state index is -1.11. The molecule has 0 spiro atoms. The second kappa shape index (κ2) is 5.34. The average molecular weight is 266 g/mol. The van der Waals surface area contributed by atoms with Crippen molar-refractivity contribution >= 4 is 12.0 Å². The molecule has 1 aromatic rings. The van der Waals surface area contributed by atoms with Crippen molar-refractivity contribution in [3.05, 3.63) is 23.7 Å². The van der Waals surface area contributed by atoms with Crippen LogP contribution in [-0.4, -0.2) is 35.1 Å². The summed E-state index contributed by atoms with van der Waals surface area (Å²) < 4.78 is 5.07. The molecule has 1 aromatic heterocycles. The van der Waals surface area contributed by atoms with Crippen LogP contribution in [0.15, 0.2) is 16.5 Å². The Hall–Kier alpha value is -1.98. The molecule has 0 aliphatic carbocycles. The Morgan fingerprint density at radius 2 is 2.00 bits per heavy atom. The van der Waals surface area contributed by atoms with Crippen LogP contribution < -0.4 is 5.32 Å². The highest BCUT2D eigenvalue weighted by Crippen LogP contribution is 2.21. The van der Waals surface area contributed by atoms with Gasteiger partial charge in [0.05, 0.1) is 6.54 Å². The van der Waals surface area contributed by atoms with E-state index in [2.05, 4.69) is 19.2 Å². The van der Waals surface area contributed by atoms with Crippen molar-refractivity contribution in [2.75, 3.05) is 13.1 Å². The summed E-state index contributed by atoms with van der Waals surface area (Å²) in [5.41, 5.74) is 0. The molecule has 6 heteroatoms. The zero-order valence-corrected chi connectivity index (χ0v) is 11.0. The summed E-state index contributed by atoms with van der Waals surface area (Å²) in [5, 5.41) is 11.5. The predicted molar refractivity (Wildman–Crippen MR) is 67.8 cm³/mol. The second-order valence-electron chi connectivity index (χ2n) is 5.09. The van der Waals surface area contributed by atoms with E-state index in [1.165, 1.54) is 6.07 Å². The number of nitrogens with one attached hydrogen (secondary N) is 1. The maximum Gasteiger partial charge on any atom is 0.371 e. The van der Waals surface area contributed by atoms with Crippen molar-refractivity contribution in [2.45, 2.75) is 20.4 Å². The van der Waals surface area contributed by atoms with Crippen LogP contribution in [0, 0.1) is 11.8 Å². The van der Waals surface area contributed by atoms with Crippen LogP contribution >= 0.6 is 0 Å². The molecule has 104 valence electrons. The molecule has 1 saturated heterocycles. The van der Waals surface area contributed by atoms with E-state index in [1.807, 2.05) is 0 Å². The van der Waals surface area contributed by atoms with Gasteiger partial charge < -0.3 is 19.7 Å². The van der Waals surface area contributed by atoms with Gasteiger partial charge in [-0.3, -0.25) is 0 Å². The molecule has 2 amide bonds. The van der Waals surface area contributed by atoms with Crippen LogP contribution in [-0.2, 0) is 6.54 Å². The molecule has 2 rings (SSSR count). The fraction of sp³-hybridized carbons (Fsp3) is 0.538. The van der Waals surface area contributed by atoms with Gasteiger partial charge in [-0.25, -0.2) is 9.59 Å². The van der Waals surface area contributed by atoms with Crippen LogP contribution in [0.25, 0.3) is 0 Å². The number of carbonyl (C=O) groups is 2. The van der Waals surface area contributed by atoms with E-state index >= 15 is 0 Å². The van der Waals surface area contributed by atoms with E-state index < -0.39 is 5.97 Å². The first-order valence-electron chi connectivity index (χ1n) is 6.32. The van der Waals surface area contributed by atoms with E-state index in [9.17, 15) is 9.59 Å². The predicted octanol–water partition coefficient (Wildman–Crippen LogP) is 1.78. The first kappa shape index (κ1) is 13.5. The summed E-state index contributed by atoms with van der Waals surface area (Å²) in [6, 6.07) is 2.80. The lowest BCUT2D eigenvalue weighted by Gasteiger charge is -2.16. The fourth-order valence-corrected chi connectivity index (χ4v) is 2.16. The van der Waals surface area contributed by atoms with Crippen LogP contribution in [0.3, 0.4) is 0 Å². The lowest BCUT2D eigenvalue weighted by molar-refractivity contribution is 0.0660. The number of hydrogen-bond donors (Lipinski definition) is 2. The van der Waals surface area contributed by atoms with Crippen LogP contribution in [0.2, 0.25) is 0 Å². The molecule has 1 fully saturated rings. The number of amides is 2. The van der Waals surface area contributed by atoms with Gasteiger partial charge in [0.1, 0.15) is 5.76 Å². The Balaban J connectivity index is 1.85. The SMILES string of the molecule is CC1CN(C(=O)NCc2ccc(C(=O)O)o2)CC1C. The molecule has 0 bridgehead atoms. The lowest BCUT2D eigenvalue weighted by Crippen LogP contribution is -2.38. The molecule has 6 nitrogen and oxygen atoms in total. The van der Waals surface area contributed by atoms with Gasteiger partial charge in [0.2, 0.25) is 5.76 Å². The Morgan fingerprint density at radius 3 is 2.53 bits per heavy atom. The summed E-state index contributed by atoms with van der Waals surface area (Å²) in [6.45, 7) is 5.97. The Labute approximate surface area is 111 Å². The minimum absolute atomic E-state index is 0.118. The number of aromatic carboxylic acids is 1. The van der Waals surface area contributed by atoms with Gasteiger partial charge >= 0.3 is 12.0 Å². The summed E-state index contributed by atoms with van der Waals surface area (Å²) in [5.74, 6) is 0.222. The molecule has 2 unspecified atom stereocenters. The number of nitrogens with zero attached hydrogens (tertiary/aromatic N) is 1. The molecule has 1 aliphatic rings. The van der Waals surface area contributed by atoms with E-state index in [0.29, 0.717) is 17.6 Å². The monoisotopic (exact) mass is 266 g/mol. The summed E-state index contributed by atoms with van der Waals surface area (Å²) in [6.07, 6.45) is 0. The van der Waals surface area contributed by atoms with Gasteiger partial charge in [-0.1, -0.05) is 13.8 Å². The quantitative estimate of drug-likeness (QED) is 0.873. The van der Waals surface area contributed by atoms with Gasteiger partial charge in [0.25, 0.3) is 0 Å². The zero-order chi connectivity index (χ0) is 14.0. The van der Waals surface area contributed by atoms with Crippen molar-refractivity contribution in [1.82, 2.24) is 10.2 Å². The number of rotatable bonds is 3. The molecule has 0 radical (unpaired) electrons. The smallest absolute Gasteiger partial charge is 0.371 e. The molecular formula is C13H18N2O4. The second-order valence-corrected chi connectivity index (χ2v) is 5.09. The summed E-state index contributed by atoms with van der Waals surface area (Å²) in [7, 11) is 0. The number of urea groups is 1. The average Bonchev–Trinajstić information content (AvgIpc) is 2.94. The fourth-order valence-electron chi connectivity index (χ4n) is 2.16. The van der Waals surface area contributed by atoms with Gasteiger partial charge in [0.15, 0.2) is 0 Å². The van der Waals surface area contributed by atoms with Crippen molar-refractivity contribution in [2.24, 2.45) is 11.8 Å². The number of furan rings is 1. The normalized spacial score (nSPS) is 22.5. The third-order valence-corrected chi connectivity index (χ3v) is 3.56. The van der Waals surface area contributed by atoms with E-state index in [0.717, 1.165) is 13.1 Å². The maximum absolute atomic E-state index is 11.9. The summed E-state index contributed by atoms with van der Waals surface area (Å²) in [4.78, 5) is 24.3. The first-order chi connectivity index (χ1) is 8.97. The minimum Gasteiger partial charge on any atom is -0.475 e. The highest BCUT2D eigenvalue weighted by atomic mass is 16.4. The summed E-state index contributed by atoms with van der Waals surface area (Å²) >= 11 is 0. The Morgan fingerprint density at radius 1 is 1.37 bits per heavy atom. The number of hydrogen-bond acceptors (Lipinski definition) is 3. The maximum atomic E-state index is 11.9. The van der Waals surface area contributed by atoms with Crippen LogP contribution in [0.1, 0.15) is 30.2 Å². The molecular weight excluding hydrogens is 248 g/mol. The van der Waals surface area contributed by atoms with Crippen LogP contribution in [0.5, 0.6) is 0 Å². The van der Waals surface area contributed by atoms with Gasteiger partial charge in [-0.15, -0.1) is 0 Å². The largest absolute Gasteiger partial charge is 0.475 e. The number of carbonyl (C=O) groups excluding carboxylic acids is 1. The van der Waals surface area contributed by atoms with Crippen LogP contribution in [0.4, 0.5) is 4.79 Å². The molecule has 2 heterocycles. The Bertz CT molecular complexity index is 473. The number of likely N-dealkylation sites (tertiary alicyclic amines) is 1. The topological polar surface area (TPSA) is 82.8 Å². The first-order valence-corrected chi connectivity index (χ1v) is 6.32. The molecule has 1 aliphatic heterocycles. The van der Waals surface area contributed by atoms with Gasteiger partial charge in [-0.2, -0.15) is 0 Å². The number of carboxylic acids is 1. The zero-order valence-electron chi connectivity index (χ0n) is 11.0. The highest BCUT2D eigenvalue weighted by Gasteiger charge is 2.29. The highest BCUT2D eigenvalue weighted by molar-refractivity contribution is 5.84. The van der Waals surface area contributed by atoms with Crippen molar-refractivity contribution in [3.8, 4) is 0 Å². The molecule has 19 heavy (non-hydrogen) atoms. The van der Waals surface area contributed by atoms with Crippen molar-refractivity contribution in [1.29, 1.82) is 0 Å². The van der Waals surface area contributed by atoms with Crippen molar-refractivity contribution < 1.29 is 19.1 Å². The van der Waals surface area contributed by atoms with E-state index in [1.54, 1.807) is 11.0 Å². The van der Waals surface area contributed by atoms with Gasteiger partial charge in [-0.05, 0) is 24.0 Å². The molecule has 0 saturated carbocycles. The Kier molecular flexibility index (Phi) is 3.78. The molecule has 0 aromatic carbocycles. The third kappa shape index (κ3) is 3.07. The third-order valence-electron chi connectivity index (χ3n) is 3.56. The molecule has 2 N–H and O–H groups in total. The number of carboxylic acid groups (broad SMARTS) is 1. The standard InChI is InChI=1S/C13H18N2O4/c1-8-6-15(7-9(8)2)13(18)14-5-10-3-4-11(19-10)12(16)17/h3-4,8-9H,5-7H2,1-2H3,(H,14,18)(H,16,17). The van der Waals surface area contributed by atoms with Gasteiger partial charge in [0, 0.05) is 13.1 Å².